The number of hydrogen-bond acceptors (Lipinski definition) is 7. The summed E-state index contributed by atoms with van der Waals surface area (Å²) in [5.74, 6) is -1.30. The average molecular weight is 469 g/mol. The van der Waals surface area contributed by atoms with E-state index in [2.05, 4.69) is 16.7 Å². The molecule has 0 aliphatic heterocycles. The van der Waals surface area contributed by atoms with Crippen molar-refractivity contribution in [2.24, 2.45) is 0 Å². The number of benzene rings is 1. The molecule has 174 valence electrons. The average Bonchev–Trinajstić information content (AvgIpc) is 3.54. The molecule has 1 aromatic heterocycles. The lowest BCUT2D eigenvalue weighted by molar-refractivity contribution is -0.117. The number of amides is 2. The Balaban J connectivity index is 1.85. The third-order valence-corrected chi connectivity index (χ3v) is 6.61. The first-order chi connectivity index (χ1) is 15.7. The Labute approximate surface area is 197 Å². The van der Waals surface area contributed by atoms with Crippen LogP contribution in [0.2, 0.25) is 0 Å². The molecule has 8 nitrogen and oxygen atoms in total. The Hall–Kier alpha value is -3.22. The van der Waals surface area contributed by atoms with Crippen molar-refractivity contribution in [3.63, 3.8) is 0 Å². The predicted molar refractivity (Wildman–Crippen MR) is 128 cm³/mol. The van der Waals surface area contributed by atoms with Gasteiger partial charge in [-0.25, -0.2) is 4.79 Å². The van der Waals surface area contributed by atoms with Crippen LogP contribution in [0, 0.1) is 32.1 Å². The number of anilines is 2. The van der Waals surface area contributed by atoms with Crippen LogP contribution >= 0.6 is 11.3 Å². The third-order valence-electron chi connectivity index (χ3n) is 5.40. The Morgan fingerprint density at radius 2 is 1.94 bits per heavy atom. The van der Waals surface area contributed by atoms with E-state index in [4.69, 9.17) is 10.00 Å². The number of ether oxygens (including phenoxy) is 1. The van der Waals surface area contributed by atoms with E-state index in [1.165, 1.54) is 0 Å². The van der Waals surface area contributed by atoms with Gasteiger partial charge in [0.2, 0.25) is 5.91 Å². The van der Waals surface area contributed by atoms with Gasteiger partial charge in [0.05, 0.1) is 36.2 Å². The van der Waals surface area contributed by atoms with Gasteiger partial charge in [0, 0.05) is 11.7 Å². The largest absolute Gasteiger partial charge is 0.462 e. The normalized spacial score (nSPS) is 12.8. The molecule has 0 bridgehead atoms. The van der Waals surface area contributed by atoms with Crippen molar-refractivity contribution in [3.8, 4) is 6.07 Å². The number of nitriles is 1. The van der Waals surface area contributed by atoms with Crippen molar-refractivity contribution in [1.82, 2.24) is 4.90 Å². The van der Waals surface area contributed by atoms with E-state index in [1.54, 1.807) is 13.8 Å². The van der Waals surface area contributed by atoms with Gasteiger partial charge in [-0.3, -0.25) is 14.5 Å². The molecule has 9 heteroatoms. The van der Waals surface area contributed by atoms with E-state index in [1.807, 2.05) is 36.9 Å². The summed E-state index contributed by atoms with van der Waals surface area (Å²) in [6, 6.07) is 8.04. The highest BCUT2D eigenvalue weighted by molar-refractivity contribution is 7.19. The number of hydrogen-bond donors (Lipinski definition) is 2. The molecule has 2 N–H and O–H groups in total. The first-order valence-corrected chi connectivity index (χ1v) is 11.7. The summed E-state index contributed by atoms with van der Waals surface area (Å²) < 4.78 is 5.17. The molecule has 0 saturated heterocycles. The van der Waals surface area contributed by atoms with Crippen molar-refractivity contribution in [2.75, 3.05) is 30.3 Å². The highest BCUT2D eigenvalue weighted by Gasteiger charge is 2.31. The monoisotopic (exact) mass is 468 g/mol. The fourth-order valence-corrected chi connectivity index (χ4v) is 4.70. The highest BCUT2D eigenvalue weighted by Crippen LogP contribution is 2.35. The van der Waals surface area contributed by atoms with Gasteiger partial charge in [0.15, 0.2) is 0 Å². The minimum atomic E-state index is -0.594. The van der Waals surface area contributed by atoms with E-state index in [-0.39, 0.29) is 48.1 Å². The molecular formula is C24H28N4O4S. The van der Waals surface area contributed by atoms with Gasteiger partial charge in [-0.1, -0.05) is 17.7 Å². The Bertz CT molecular complexity index is 1110. The lowest BCUT2D eigenvalue weighted by atomic mass is 10.1. The topological polar surface area (TPSA) is 112 Å². The number of esters is 1. The Morgan fingerprint density at radius 1 is 1.21 bits per heavy atom. The molecule has 1 aliphatic rings. The van der Waals surface area contributed by atoms with Gasteiger partial charge in [-0.15, -0.1) is 11.3 Å². The van der Waals surface area contributed by atoms with Crippen LogP contribution in [0.3, 0.4) is 0 Å². The van der Waals surface area contributed by atoms with Crippen LogP contribution < -0.4 is 10.6 Å². The molecule has 33 heavy (non-hydrogen) atoms. The summed E-state index contributed by atoms with van der Waals surface area (Å²) in [6.45, 7) is 7.62. The van der Waals surface area contributed by atoms with Crippen LogP contribution in [0.15, 0.2) is 18.2 Å². The quantitative estimate of drug-likeness (QED) is 0.425. The lowest BCUT2D eigenvalue weighted by Crippen LogP contribution is -2.35. The second-order valence-electron chi connectivity index (χ2n) is 8.10. The summed E-state index contributed by atoms with van der Waals surface area (Å²) in [5.41, 5.74) is 3.32. The summed E-state index contributed by atoms with van der Waals surface area (Å²) in [7, 11) is 0. The van der Waals surface area contributed by atoms with Gasteiger partial charge < -0.3 is 15.4 Å². The Kier molecular flexibility index (Phi) is 7.84. The standard InChI is InChI=1S/C24H28N4O4S/c1-5-32-24(31)20-16(4)21(22(30)26-18-9-6-14(2)12-15(18)3)33-23(20)27-19(29)13-28(11-10-25)17-7-8-17/h6,9,12,17H,5,7-8,11,13H2,1-4H3,(H,26,30)(H,27,29). The van der Waals surface area contributed by atoms with Gasteiger partial charge in [-0.05, 0) is 57.7 Å². The van der Waals surface area contributed by atoms with Crippen LogP contribution in [0.5, 0.6) is 0 Å². The molecule has 2 aromatic rings. The molecule has 1 saturated carbocycles. The summed E-state index contributed by atoms with van der Waals surface area (Å²) in [4.78, 5) is 40.5. The maximum atomic E-state index is 13.1. The molecule has 3 rings (SSSR count). The summed E-state index contributed by atoms with van der Waals surface area (Å²) in [5, 5.41) is 15.0. The molecule has 1 fully saturated rings. The molecular weight excluding hydrogens is 440 g/mol. The van der Waals surface area contributed by atoms with Crippen molar-refractivity contribution in [1.29, 1.82) is 5.26 Å². The highest BCUT2D eigenvalue weighted by atomic mass is 32.1. The number of aryl methyl sites for hydroxylation is 2. The molecule has 0 radical (unpaired) electrons. The molecule has 0 spiro atoms. The van der Waals surface area contributed by atoms with Crippen LogP contribution in [0.4, 0.5) is 10.7 Å². The minimum Gasteiger partial charge on any atom is -0.462 e. The van der Waals surface area contributed by atoms with Crippen LogP contribution in [0.25, 0.3) is 0 Å². The molecule has 1 aromatic carbocycles. The van der Waals surface area contributed by atoms with E-state index in [9.17, 15) is 14.4 Å². The number of carbonyl (C=O) groups is 3. The van der Waals surface area contributed by atoms with Crippen LogP contribution in [-0.4, -0.2) is 48.4 Å². The maximum absolute atomic E-state index is 13.1. The van der Waals surface area contributed by atoms with E-state index >= 15 is 0 Å². The number of nitrogens with zero attached hydrogens (tertiary/aromatic N) is 2. The van der Waals surface area contributed by atoms with Crippen LogP contribution in [-0.2, 0) is 9.53 Å². The van der Waals surface area contributed by atoms with Crippen molar-refractivity contribution in [2.45, 2.75) is 46.6 Å². The van der Waals surface area contributed by atoms with Crippen LogP contribution in [0.1, 0.15) is 56.5 Å². The van der Waals surface area contributed by atoms with E-state index in [0.717, 1.165) is 35.3 Å². The van der Waals surface area contributed by atoms with Crippen molar-refractivity contribution in [3.05, 3.63) is 45.3 Å². The number of rotatable bonds is 9. The lowest BCUT2D eigenvalue weighted by Gasteiger charge is -2.17. The molecule has 2 amide bonds. The Morgan fingerprint density at radius 3 is 2.55 bits per heavy atom. The zero-order valence-corrected chi connectivity index (χ0v) is 20.1. The zero-order chi connectivity index (χ0) is 24.1. The number of thiophene rings is 1. The molecule has 1 aliphatic carbocycles. The van der Waals surface area contributed by atoms with Crippen molar-refractivity contribution < 1.29 is 19.1 Å². The maximum Gasteiger partial charge on any atom is 0.341 e. The zero-order valence-electron chi connectivity index (χ0n) is 19.3. The van der Waals surface area contributed by atoms with Gasteiger partial charge >= 0.3 is 5.97 Å². The third kappa shape index (κ3) is 5.97. The van der Waals surface area contributed by atoms with Gasteiger partial charge in [0.25, 0.3) is 5.91 Å². The summed E-state index contributed by atoms with van der Waals surface area (Å²) in [6.07, 6.45) is 1.92. The van der Waals surface area contributed by atoms with E-state index in [0.29, 0.717) is 16.1 Å². The fourth-order valence-electron chi connectivity index (χ4n) is 3.60. The number of nitrogens with one attached hydrogen (secondary N) is 2. The van der Waals surface area contributed by atoms with Gasteiger partial charge in [0.1, 0.15) is 5.00 Å². The first-order valence-electron chi connectivity index (χ1n) is 10.8. The van der Waals surface area contributed by atoms with Gasteiger partial charge in [-0.2, -0.15) is 5.26 Å². The van der Waals surface area contributed by atoms with Crippen molar-refractivity contribution >= 4 is 39.8 Å². The smallest absolute Gasteiger partial charge is 0.341 e. The second kappa shape index (κ2) is 10.6. The molecule has 0 unspecified atom stereocenters. The van der Waals surface area contributed by atoms with E-state index < -0.39 is 5.97 Å². The second-order valence-corrected chi connectivity index (χ2v) is 9.12. The first kappa shape index (κ1) is 24.4. The summed E-state index contributed by atoms with van der Waals surface area (Å²) >= 11 is 1.04. The predicted octanol–water partition coefficient (Wildman–Crippen LogP) is 4.03. The fraction of sp³-hybridized carbons (Fsp3) is 0.417. The SMILES string of the molecule is CCOC(=O)c1c(NC(=O)CN(CC#N)C2CC2)sc(C(=O)Nc2ccc(C)cc2C)c1C. The molecule has 0 atom stereocenters. The number of carbonyl (C=O) groups excluding carboxylic acids is 3. The minimum absolute atomic E-state index is 0.0432. The molecule has 1 heterocycles.